The van der Waals surface area contributed by atoms with Gasteiger partial charge in [-0.3, -0.25) is 4.90 Å². The number of hydrogen-bond acceptors (Lipinski definition) is 3. The second-order valence-electron chi connectivity index (χ2n) is 4.03. The minimum atomic E-state index is -0.880. The van der Waals surface area contributed by atoms with Crippen molar-refractivity contribution in [2.75, 3.05) is 20.7 Å². The van der Waals surface area contributed by atoms with Crippen molar-refractivity contribution in [1.29, 1.82) is 5.26 Å². The molecule has 0 spiro atoms. The van der Waals surface area contributed by atoms with Crippen LogP contribution >= 0.6 is 0 Å². The van der Waals surface area contributed by atoms with Gasteiger partial charge in [0.05, 0.1) is 12.7 Å². The summed E-state index contributed by atoms with van der Waals surface area (Å²) in [7, 11) is 3.69. The first-order chi connectivity index (χ1) is 7.63. The maximum absolute atomic E-state index is 9.48. The molecule has 0 aromatic heterocycles. The highest BCUT2D eigenvalue weighted by atomic mass is 16.5. The van der Waals surface area contributed by atoms with E-state index >= 15 is 0 Å². The number of nitriles is 1. The third-order valence-electron chi connectivity index (χ3n) is 2.96. The quantitative estimate of drug-likeness (QED) is 0.666. The molecule has 1 aromatic rings. The Morgan fingerprint density at radius 1 is 1.44 bits per heavy atom. The van der Waals surface area contributed by atoms with E-state index in [-0.39, 0.29) is 6.61 Å². The molecule has 1 heterocycles. The van der Waals surface area contributed by atoms with Crippen LogP contribution in [0.15, 0.2) is 29.8 Å². The van der Waals surface area contributed by atoms with Crippen LogP contribution in [0.25, 0.3) is 0 Å². The Morgan fingerprint density at radius 2 is 2.12 bits per heavy atom. The van der Waals surface area contributed by atoms with Crippen molar-refractivity contribution in [2.24, 2.45) is 0 Å². The zero-order valence-corrected chi connectivity index (χ0v) is 9.40. The van der Waals surface area contributed by atoms with Gasteiger partial charge in [-0.1, -0.05) is 18.2 Å². The average Bonchev–Trinajstić information content (AvgIpc) is 2.29. The summed E-state index contributed by atoms with van der Waals surface area (Å²) in [4.78, 5) is 1.82. The highest BCUT2D eigenvalue weighted by Gasteiger charge is 2.39. The first-order valence-corrected chi connectivity index (χ1v) is 5.05. The van der Waals surface area contributed by atoms with Gasteiger partial charge in [0.1, 0.15) is 11.3 Å². The molecule has 1 unspecified atom stereocenters. The minimum absolute atomic E-state index is 0.281. The number of hydrogen-bond donors (Lipinski definition) is 0. The number of fused-ring (bicyclic) bond motifs is 1. The van der Waals surface area contributed by atoms with Gasteiger partial charge in [-0.25, -0.2) is 0 Å². The Hall–Kier alpha value is -1.79. The van der Waals surface area contributed by atoms with Crippen LogP contribution in [0.5, 0.6) is 5.75 Å². The standard InChI is InChI=1S/C13H13N2O/c1-10-8-16-12-7-5-4-6-11(12)13(10,9-14)15(2)3/h1,4-7H,8H2,2-3H3/q-1. The monoisotopic (exact) mass is 213 g/mol. The molecule has 0 N–H and O–H groups in total. The second-order valence-corrected chi connectivity index (χ2v) is 4.03. The molecular formula is C13H13N2O-. The largest absolute Gasteiger partial charge is 0.508 e. The summed E-state index contributed by atoms with van der Waals surface area (Å²) in [6.07, 6.45) is 0. The predicted molar refractivity (Wildman–Crippen MR) is 60.7 cm³/mol. The van der Waals surface area contributed by atoms with Crippen LogP contribution in [0.2, 0.25) is 0 Å². The lowest BCUT2D eigenvalue weighted by atomic mass is 9.81. The maximum atomic E-state index is 9.48. The molecule has 0 radical (unpaired) electrons. The minimum Gasteiger partial charge on any atom is -0.508 e. The van der Waals surface area contributed by atoms with E-state index in [0.29, 0.717) is 5.57 Å². The molecule has 1 aliphatic rings. The number of ether oxygens (including phenoxy) is 1. The smallest absolute Gasteiger partial charge is 0.130 e. The van der Waals surface area contributed by atoms with Gasteiger partial charge in [0, 0.05) is 5.56 Å². The molecule has 82 valence electrons. The van der Waals surface area contributed by atoms with Crippen LogP contribution in [0.1, 0.15) is 5.56 Å². The fourth-order valence-corrected chi connectivity index (χ4v) is 2.08. The Bertz CT molecular complexity index is 473. The molecule has 1 aliphatic heterocycles. The summed E-state index contributed by atoms with van der Waals surface area (Å²) in [5.41, 5.74) is 0.458. The van der Waals surface area contributed by atoms with Crippen LogP contribution in [0, 0.1) is 17.9 Å². The Kier molecular flexibility index (Phi) is 2.45. The number of nitrogens with zero attached hydrogens (tertiary/aromatic N) is 2. The molecule has 0 saturated heterocycles. The van der Waals surface area contributed by atoms with E-state index in [0.717, 1.165) is 11.3 Å². The predicted octanol–water partition coefficient (Wildman–Crippen LogP) is 1.72. The van der Waals surface area contributed by atoms with E-state index in [2.05, 4.69) is 6.07 Å². The summed E-state index contributed by atoms with van der Waals surface area (Å²) in [6, 6.07) is 9.82. The van der Waals surface area contributed by atoms with Crippen LogP contribution in [0.4, 0.5) is 0 Å². The van der Waals surface area contributed by atoms with Gasteiger partial charge in [-0.15, -0.1) is 0 Å². The zero-order chi connectivity index (χ0) is 11.8. The van der Waals surface area contributed by atoms with Crippen LogP contribution < -0.4 is 4.74 Å². The van der Waals surface area contributed by atoms with Crippen molar-refractivity contribution in [1.82, 2.24) is 4.90 Å². The van der Waals surface area contributed by atoms with Crippen LogP contribution in [-0.2, 0) is 5.54 Å². The first-order valence-electron chi connectivity index (χ1n) is 5.05. The van der Waals surface area contributed by atoms with Crippen molar-refractivity contribution in [3.63, 3.8) is 0 Å². The van der Waals surface area contributed by atoms with Gasteiger partial charge < -0.3 is 11.3 Å². The number of likely N-dealkylation sites (N-methyl/N-ethyl adjacent to an activating group) is 1. The lowest BCUT2D eigenvalue weighted by Crippen LogP contribution is -2.45. The average molecular weight is 213 g/mol. The maximum Gasteiger partial charge on any atom is 0.130 e. The summed E-state index contributed by atoms with van der Waals surface area (Å²) in [5.74, 6) is 0.729. The molecule has 16 heavy (non-hydrogen) atoms. The van der Waals surface area contributed by atoms with Crippen LogP contribution in [-0.4, -0.2) is 25.6 Å². The Labute approximate surface area is 95.6 Å². The van der Waals surface area contributed by atoms with Gasteiger partial charge in [0.25, 0.3) is 0 Å². The molecule has 0 bridgehead atoms. The Balaban J connectivity index is 2.69. The summed E-state index contributed by atoms with van der Waals surface area (Å²) < 4.78 is 5.50. The van der Waals surface area contributed by atoms with Gasteiger partial charge in [0.2, 0.25) is 0 Å². The summed E-state index contributed by atoms with van der Waals surface area (Å²) in [5, 5.41) is 9.48. The first kappa shape index (κ1) is 10.7. The highest BCUT2D eigenvalue weighted by Crippen LogP contribution is 2.41. The van der Waals surface area contributed by atoms with Crippen molar-refractivity contribution < 1.29 is 4.74 Å². The normalized spacial score (nSPS) is 23.5. The molecule has 0 aliphatic carbocycles. The third kappa shape index (κ3) is 1.24. The molecule has 1 atom stereocenters. The number of para-hydroxylation sites is 1. The Morgan fingerprint density at radius 3 is 2.75 bits per heavy atom. The van der Waals surface area contributed by atoms with Crippen molar-refractivity contribution in [3.05, 3.63) is 42.0 Å². The van der Waals surface area contributed by atoms with Crippen molar-refractivity contribution >= 4 is 0 Å². The van der Waals surface area contributed by atoms with Gasteiger partial charge >= 0.3 is 0 Å². The topological polar surface area (TPSA) is 36.3 Å². The third-order valence-corrected chi connectivity index (χ3v) is 2.96. The van der Waals surface area contributed by atoms with Crippen molar-refractivity contribution in [2.45, 2.75) is 5.54 Å². The SMILES string of the molecule is [CH-]=C1COc2ccccc2C1(C#N)N(C)C. The van der Waals surface area contributed by atoms with Gasteiger partial charge in [-0.05, 0) is 20.2 Å². The fourth-order valence-electron chi connectivity index (χ4n) is 2.08. The number of rotatable bonds is 1. The highest BCUT2D eigenvalue weighted by molar-refractivity contribution is 5.51. The molecule has 0 fully saturated rings. The molecule has 1 aromatic carbocycles. The number of benzene rings is 1. The van der Waals surface area contributed by atoms with E-state index in [1.807, 2.05) is 43.3 Å². The lowest BCUT2D eigenvalue weighted by Gasteiger charge is -2.43. The van der Waals surface area contributed by atoms with Gasteiger partial charge in [-0.2, -0.15) is 10.8 Å². The van der Waals surface area contributed by atoms with E-state index in [1.165, 1.54) is 0 Å². The zero-order valence-electron chi connectivity index (χ0n) is 9.40. The molecule has 3 heteroatoms. The van der Waals surface area contributed by atoms with E-state index < -0.39 is 5.54 Å². The lowest BCUT2D eigenvalue weighted by molar-refractivity contribution is 0.197. The fraction of sp³-hybridized carbons (Fsp3) is 0.308. The van der Waals surface area contributed by atoms with Gasteiger partial charge in [0.15, 0.2) is 0 Å². The molecular weight excluding hydrogens is 200 g/mol. The molecule has 3 nitrogen and oxygen atoms in total. The molecule has 2 rings (SSSR count). The summed E-state index contributed by atoms with van der Waals surface area (Å²) >= 11 is 0. The van der Waals surface area contributed by atoms with Crippen molar-refractivity contribution in [3.8, 4) is 11.8 Å². The van der Waals surface area contributed by atoms with E-state index in [1.54, 1.807) is 0 Å². The molecule has 0 amide bonds. The molecule has 0 saturated carbocycles. The van der Waals surface area contributed by atoms with E-state index in [9.17, 15) is 5.26 Å². The van der Waals surface area contributed by atoms with Crippen LogP contribution in [0.3, 0.4) is 0 Å². The second kappa shape index (κ2) is 3.66. The summed E-state index contributed by atoms with van der Waals surface area (Å²) in [6.45, 7) is 6.25. The van der Waals surface area contributed by atoms with E-state index in [4.69, 9.17) is 11.3 Å².